The highest BCUT2D eigenvalue weighted by Crippen LogP contribution is 2.41. The molecule has 0 aliphatic rings. The van der Waals surface area contributed by atoms with Crippen molar-refractivity contribution in [2.75, 3.05) is 52.4 Å². The summed E-state index contributed by atoms with van der Waals surface area (Å²) in [6, 6.07) is 13.3. The van der Waals surface area contributed by atoms with E-state index >= 15 is 0 Å². The molecule has 2 aromatic rings. The largest absolute Gasteiger partial charge is 0.478 e. The van der Waals surface area contributed by atoms with Crippen LogP contribution in [0.25, 0.3) is 0 Å². The number of aromatic carboxylic acids is 2. The van der Waals surface area contributed by atoms with Gasteiger partial charge in [-0.3, -0.25) is 0 Å². The lowest BCUT2D eigenvalue weighted by Gasteiger charge is -2.40. The van der Waals surface area contributed by atoms with E-state index in [2.05, 4.69) is 55.4 Å². The standard InChI is InChI=1S/2C48H100N.C14H10O4S2/c2*1-5-9-13-17-21-25-29-33-37-41-45-49(46-42-38-34-30-26-22-18-14-10-6-2,47-43-39-35-31-27-23-19-15-11-7-3)48-44-40-36-32-28-24-20-16-12-8-4;15-13(16)9-5-1-3-7-11(9)19-20-12-8-4-2-6-10(12)14(17)18/h2*5-48H2,1-4H3;1-8H,(H,15,16)(H,17,18)/q2*+1;. The summed E-state index contributed by atoms with van der Waals surface area (Å²) < 4.78 is 2.98. The van der Waals surface area contributed by atoms with Gasteiger partial charge in [0.05, 0.1) is 63.5 Å². The molecule has 0 saturated heterocycles. The first-order valence-electron chi connectivity index (χ1n) is 53.8. The maximum atomic E-state index is 11.1. The molecule has 0 heterocycles. The van der Waals surface area contributed by atoms with Gasteiger partial charge in [0.1, 0.15) is 0 Å². The van der Waals surface area contributed by atoms with E-state index in [0.717, 1.165) is 0 Å². The summed E-state index contributed by atoms with van der Waals surface area (Å²) in [7, 11) is 2.47. The minimum Gasteiger partial charge on any atom is -0.478 e. The van der Waals surface area contributed by atoms with Gasteiger partial charge in [0.2, 0.25) is 0 Å². The Hall–Kier alpha value is -2.00. The van der Waals surface area contributed by atoms with Crippen molar-refractivity contribution in [3.05, 3.63) is 59.7 Å². The van der Waals surface area contributed by atoms with Gasteiger partial charge in [-0.1, -0.05) is 512 Å². The Labute approximate surface area is 748 Å². The minimum absolute atomic E-state index is 0.206. The topological polar surface area (TPSA) is 74.6 Å². The first-order valence-corrected chi connectivity index (χ1v) is 55.9. The number of carbonyl (C=O) groups is 2. The van der Waals surface area contributed by atoms with E-state index in [1.165, 1.54) is 609 Å². The summed E-state index contributed by atoms with van der Waals surface area (Å²) in [6.45, 7) is 30.6. The zero-order valence-corrected chi connectivity index (χ0v) is 82.9. The second kappa shape index (κ2) is 94.1. The Morgan fingerprint density at radius 1 is 0.186 bits per heavy atom. The molecule has 0 atom stereocenters. The maximum absolute atomic E-state index is 11.1. The summed E-state index contributed by atoms with van der Waals surface area (Å²) in [5.41, 5.74) is 0.413. The van der Waals surface area contributed by atoms with Crippen LogP contribution in [0.5, 0.6) is 0 Å². The predicted molar refractivity (Wildman–Crippen MR) is 533 cm³/mol. The molecule has 0 bridgehead atoms. The molecule has 0 amide bonds. The van der Waals surface area contributed by atoms with E-state index in [0.29, 0.717) is 9.79 Å². The van der Waals surface area contributed by atoms with E-state index in [1.807, 2.05) is 0 Å². The molecule has 0 aliphatic heterocycles. The lowest BCUT2D eigenvalue weighted by Crippen LogP contribution is -2.50. The van der Waals surface area contributed by atoms with Crippen LogP contribution in [0, 0.1) is 0 Å². The molecule has 0 radical (unpaired) electrons. The second-order valence-electron chi connectivity index (χ2n) is 37.7. The Kier molecular flexibility index (Phi) is 92.5. The highest BCUT2D eigenvalue weighted by Gasteiger charge is 2.28. The number of carboxylic acid groups (broad SMARTS) is 2. The first kappa shape index (κ1) is 116. The molecule has 2 rings (SSSR count). The van der Waals surface area contributed by atoms with Crippen LogP contribution in [0.2, 0.25) is 0 Å². The third-order valence-electron chi connectivity index (χ3n) is 26.3. The van der Waals surface area contributed by atoms with Gasteiger partial charge in [0.25, 0.3) is 0 Å². The minimum atomic E-state index is -1.000. The molecule has 2 aromatic carbocycles. The van der Waals surface area contributed by atoms with Crippen LogP contribution >= 0.6 is 21.6 Å². The molecule has 0 saturated carbocycles. The van der Waals surface area contributed by atoms with Gasteiger partial charge in [0, 0.05) is 9.79 Å². The average Bonchev–Trinajstić information content (AvgIpc) is 0.866. The normalized spacial score (nSPS) is 11.7. The molecule has 0 unspecified atom stereocenters. The molecule has 0 fully saturated rings. The fourth-order valence-electron chi connectivity index (χ4n) is 18.3. The lowest BCUT2D eigenvalue weighted by atomic mass is 10.0. The quantitative estimate of drug-likeness (QED) is 0.0391. The van der Waals surface area contributed by atoms with E-state index in [9.17, 15) is 9.59 Å². The van der Waals surface area contributed by atoms with Crippen molar-refractivity contribution in [2.45, 2.75) is 579 Å². The van der Waals surface area contributed by atoms with Gasteiger partial charge in [0.15, 0.2) is 0 Å². The van der Waals surface area contributed by atoms with Crippen molar-refractivity contribution in [1.82, 2.24) is 0 Å². The molecule has 6 nitrogen and oxygen atoms in total. The van der Waals surface area contributed by atoms with Crippen LogP contribution in [0.1, 0.15) is 590 Å². The van der Waals surface area contributed by atoms with E-state index in [4.69, 9.17) is 10.2 Å². The smallest absolute Gasteiger partial charge is 0.336 e. The van der Waals surface area contributed by atoms with Crippen LogP contribution in [-0.4, -0.2) is 83.5 Å². The van der Waals surface area contributed by atoms with Crippen LogP contribution < -0.4 is 0 Å². The highest BCUT2D eigenvalue weighted by atomic mass is 33.1. The molecule has 694 valence electrons. The van der Waals surface area contributed by atoms with Gasteiger partial charge in [-0.15, -0.1) is 0 Å². The average molecular weight is 1690 g/mol. The van der Waals surface area contributed by atoms with Gasteiger partial charge in [-0.2, -0.15) is 0 Å². The third kappa shape index (κ3) is 77.6. The predicted octanol–water partition coefficient (Wildman–Crippen LogP) is 38.9. The first-order chi connectivity index (χ1) is 58.1. The van der Waals surface area contributed by atoms with Gasteiger partial charge >= 0.3 is 11.9 Å². The zero-order valence-electron chi connectivity index (χ0n) is 81.3. The Balaban J connectivity index is 0.00000188. The van der Waals surface area contributed by atoms with Crippen LogP contribution in [-0.2, 0) is 0 Å². The number of hydrogen-bond donors (Lipinski definition) is 2. The lowest BCUT2D eigenvalue weighted by molar-refractivity contribution is -0.929. The number of unbranched alkanes of at least 4 members (excludes halogenated alkanes) is 72. The summed E-state index contributed by atoms with van der Waals surface area (Å²) in [4.78, 5) is 23.4. The monoisotopic (exact) mass is 1690 g/mol. The number of rotatable bonds is 93. The number of nitrogens with zero attached hydrogens (tertiary/aromatic N) is 2. The van der Waals surface area contributed by atoms with Crippen molar-refractivity contribution in [3.8, 4) is 0 Å². The van der Waals surface area contributed by atoms with Gasteiger partial charge in [-0.05, 0) is 127 Å². The Morgan fingerprint density at radius 3 is 0.415 bits per heavy atom. The number of benzene rings is 2. The van der Waals surface area contributed by atoms with Gasteiger partial charge in [-0.25, -0.2) is 9.59 Å². The third-order valence-corrected chi connectivity index (χ3v) is 28.8. The highest BCUT2D eigenvalue weighted by molar-refractivity contribution is 8.76. The Morgan fingerprint density at radius 2 is 0.297 bits per heavy atom. The molecule has 2 N–H and O–H groups in total. The van der Waals surface area contributed by atoms with Crippen molar-refractivity contribution < 1.29 is 28.8 Å². The SMILES string of the molecule is CCCCCCCCCCCC[N+](CCCCCCCCCCCC)(CCCCCCCCCCCC)CCCCCCCCCCCC.CCCCCCCCCCCC[N+](CCCCCCCCCCCC)(CCCCCCCCCCCC)CCCCCCCCCCCC.O=C(O)c1ccccc1SSc1ccccc1C(=O)O. The van der Waals surface area contributed by atoms with Crippen molar-refractivity contribution in [2.24, 2.45) is 0 Å². The van der Waals surface area contributed by atoms with Crippen LogP contribution in [0.3, 0.4) is 0 Å². The molecular formula is C110H210N2O4S2+2. The number of hydrogen-bond acceptors (Lipinski definition) is 4. The summed E-state index contributed by atoms with van der Waals surface area (Å²) >= 11 is 0. The summed E-state index contributed by atoms with van der Waals surface area (Å²) in [5, 5.41) is 18.2. The van der Waals surface area contributed by atoms with Crippen LogP contribution in [0.15, 0.2) is 58.3 Å². The fourth-order valence-corrected chi connectivity index (χ4v) is 20.7. The van der Waals surface area contributed by atoms with E-state index in [1.54, 1.807) is 36.4 Å². The van der Waals surface area contributed by atoms with Crippen molar-refractivity contribution >= 4 is 33.5 Å². The van der Waals surface area contributed by atoms with Crippen molar-refractivity contribution in [1.29, 1.82) is 0 Å². The zero-order chi connectivity index (χ0) is 85.8. The van der Waals surface area contributed by atoms with Crippen molar-refractivity contribution in [3.63, 3.8) is 0 Å². The summed E-state index contributed by atoms with van der Waals surface area (Å²) in [6.07, 6.45) is 117. The molecule has 0 aromatic heterocycles. The maximum Gasteiger partial charge on any atom is 0.336 e. The van der Waals surface area contributed by atoms with E-state index < -0.39 is 11.9 Å². The van der Waals surface area contributed by atoms with E-state index in [-0.39, 0.29) is 11.1 Å². The number of quaternary nitrogens is 2. The Bertz CT molecular complexity index is 1950. The molecule has 0 spiro atoms. The molecule has 0 aliphatic carbocycles. The molecular weight excluding hydrogens is 1480 g/mol. The fraction of sp³-hybridized carbons (Fsp3) is 0.873. The molecule has 8 heteroatoms. The summed E-state index contributed by atoms with van der Waals surface area (Å²) in [5.74, 6) is -2.00. The molecule has 118 heavy (non-hydrogen) atoms. The van der Waals surface area contributed by atoms with Crippen LogP contribution in [0.4, 0.5) is 0 Å². The van der Waals surface area contributed by atoms with Gasteiger partial charge < -0.3 is 19.2 Å². The number of carboxylic acids is 2. The second-order valence-corrected chi connectivity index (χ2v) is 39.9.